The van der Waals surface area contributed by atoms with Crippen molar-refractivity contribution in [2.75, 3.05) is 26.1 Å². The van der Waals surface area contributed by atoms with Crippen molar-refractivity contribution in [3.05, 3.63) is 18.2 Å². The number of rotatable bonds is 8. The third-order valence-corrected chi connectivity index (χ3v) is 2.91. The van der Waals surface area contributed by atoms with Crippen LogP contribution in [-0.4, -0.2) is 38.7 Å². The largest absolute Gasteiger partial charge is 0.544 e. The minimum Gasteiger partial charge on any atom is -0.544 e. The summed E-state index contributed by atoms with van der Waals surface area (Å²) in [6.07, 6.45) is -0.184. The van der Waals surface area contributed by atoms with E-state index in [1.165, 1.54) is 19.5 Å². The molecule has 1 aromatic rings. The van der Waals surface area contributed by atoms with Gasteiger partial charge in [0.05, 0.1) is 38.8 Å². The normalized spacial score (nSPS) is 11.6. The van der Waals surface area contributed by atoms with Crippen LogP contribution in [0.3, 0.4) is 0 Å². The first-order chi connectivity index (χ1) is 10.0. The number of carbonyl (C=O) groups is 2. The molecule has 21 heavy (non-hydrogen) atoms. The number of quaternary nitrogens is 1. The molecule has 1 rings (SSSR count). The van der Waals surface area contributed by atoms with Gasteiger partial charge in [-0.05, 0) is 19.1 Å². The van der Waals surface area contributed by atoms with Crippen molar-refractivity contribution in [3.8, 4) is 11.5 Å². The van der Waals surface area contributed by atoms with Gasteiger partial charge in [-0.15, -0.1) is 0 Å². The molecule has 0 aliphatic heterocycles. The van der Waals surface area contributed by atoms with Gasteiger partial charge in [-0.1, -0.05) is 0 Å². The van der Waals surface area contributed by atoms with Gasteiger partial charge < -0.3 is 30.0 Å². The van der Waals surface area contributed by atoms with E-state index in [0.717, 1.165) is 0 Å². The average Bonchev–Trinajstić information content (AvgIpc) is 2.46. The van der Waals surface area contributed by atoms with Crippen molar-refractivity contribution in [1.29, 1.82) is 0 Å². The monoisotopic (exact) mass is 296 g/mol. The number of aliphatic carboxylic acids is 1. The number of carboxylic acids is 1. The van der Waals surface area contributed by atoms with E-state index in [0.29, 0.717) is 23.7 Å². The zero-order valence-electron chi connectivity index (χ0n) is 12.3. The first-order valence-electron chi connectivity index (χ1n) is 6.57. The van der Waals surface area contributed by atoms with Crippen molar-refractivity contribution in [2.24, 2.45) is 0 Å². The van der Waals surface area contributed by atoms with Crippen LogP contribution >= 0.6 is 0 Å². The highest BCUT2D eigenvalue weighted by atomic mass is 16.5. The predicted molar refractivity (Wildman–Crippen MR) is 74.1 cm³/mol. The Morgan fingerprint density at radius 1 is 1.33 bits per heavy atom. The van der Waals surface area contributed by atoms with E-state index >= 15 is 0 Å². The van der Waals surface area contributed by atoms with Gasteiger partial charge in [0.15, 0.2) is 0 Å². The molecule has 0 bridgehead atoms. The van der Waals surface area contributed by atoms with Crippen LogP contribution in [0.4, 0.5) is 5.69 Å². The molecule has 0 saturated carbocycles. The molecule has 7 heteroatoms. The van der Waals surface area contributed by atoms with Crippen LogP contribution in [0, 0.1) is 0 Å². The van der Waals surface area contributed by atoms with Crippen molar-refractivity contribution in [1.82, 2.24) is 0 Å². The first kappa shape index (κ1) is 16.8. The van der Waals surface area contributed by atoms with Gasteiger partial charge in [-0.3, -0.25) is 4.79 Å². The van der Waals surface area contributed by atoms with Crippen LogP contribution in [-0.2, 0) is 9.59 Å². The smallest absolute Gasteiger partial charge is 0.230 e. The lowest BCUT2D eigenvalue weighted by Gasteiger charge is -2.16. The fraction of sp³-hybridized carbons (Fsp3) is 0.429. The summed E-state index contributed by atoms with van der Waals surface area (Å²) in [6, 6.07) is 4.05. The zero-order valence-corrected chi connectivity index (χ0v) is 12.3. The number of benzene rings is 1. The lowest BCUT2D eigenvalue weighted by atomic mass is 10.2. The second-order valence-electron chi connectivity index (χ2n) is 4.39. The number of nitrogens with one attached hydrogen (secondary N) is 1. The van der Waals surface area contributed by atoms with Crippen LogP contribution in [0.1, 0.15) is 13.3 Å². The Bertz CT molecular complexity index is 504. The summed E-state index contributed by atoms with van der Waals surface area (Å²) in [5, 5.41) is 15.1. The molecular formula is C14H20N2O5. The maximum atomic E-state index is 12.0. The molecule has 116 valence electrons. The predicted octanol–water partition coefficient (Wildman–Crippen LogP) is -1.27. The molecule has 1 aromatic carbocycles. The second-order valence-corrected chi connectivity index (χ2v) is 4.39. The highest BCUT2D eigenvalue weighted by Gasteiger charge is 2.18. The molecule has 1 amide bonds. The minimum absolute atomic E-state index is 0.184. The molecule has 3 N–H and O–H groups in total. The molecule has 0 spiro atoms. The number of amides is 1. The number of hydrogen-bond acceptors (Lipinski definition) is 5. The molecule has 0 aliphatic rings. The molecule has 0 aromatic heterocycles. The number of nitrogens with two attached hydrogens (primary N) is 1. The lowest BCUT2D eigenvalue weighted by molar-refractivity contribution is -0.679. The number of carbonyl (C=O) groups excluding carboxylic acids is 2. The zero-order chi connectivity index (χ0) is 15.8. The standard InChI is InChI=1S/C14H20N2O5/c1-4-15-11(14(18)19)8-13(17)16-10-7-9(20-2)5-6-12(10)21-3/h5-7,11,15H,4,8H2,1-3H3,(H,16,17)(H,18,19)/t11-/m1/s1. The number of anilines is 1. The summed E-state index contributed by atoms with van der Waals surface area (Å²) in [5.41, 5.74) is 0.426. The molecule has 0 radical (unpaired) electrons. The molecule has 0 saturated heterocycles. The van der Waals surface area contributed by atoms with Crippen LogP contribution in [0.5, 0.6) is 11.5 Å². The Labute approximate surface area is 123 Å². The van der Waals surface area contributed by atoms with Gasteiger partial charge in [0, 0.05) is 6.07 Å². The summed E-state index contributed by atoms with van der Waals surface area (Å²) < 4.78 is 10.2. The second kappa shape index (κ2) is 8.11. The molecular weight excluding hydrogens is 276 g/mol. The Hall–Kier alpha value is -2.28. The Balaban J connectivity index is 2.79. The van der Waals surface area contributed by atoms with Crippen molar-refractivity contribution in [3.63, 3.8) is 0 Å². The number of likely N-dealkylation sites (N-methyl/N-ethyl adjacent to an activating group) is 1. The summed E-state index contributed by atoms with van der Waals surface area (Å²) in [7, 11) is 2.99. The molecule has 0 heterocycles. The summed E-state index contributed by atoms with van der Waals surface area (Å²) in [4.78, 5) is 22.9. The Morgan fingerprint density at radius 3 is 2.57 bits per heavy atom. The molecule has 7 nitrogen and oxygen atoms in total. The van der Waals surface area contributed by atoms with E-state index in [2.05, 4.69) is 5.32 Å². The Kier molecular flexibility index (Phi) is 6.48. The SMILES string of the molecule is CC[NH2+][C@H](CC(=O)Nc1cc(OC)ccc1OC)C(=O)[O-]. The van der Waals surface area contributed by atoms with Crippen LogP contribution in [0.15, 0.2) is 18.2 Å². The topological polar surface area (TPSA) is 104 Å². The maximum Gasteiger partial charge on any atom is 0.230 e. The Morgan fingerprint density at radius 2 is 2.05 bits per heavy atom. The highest BCUT2D eigenvalue weighted by Crippen LogP contribution is 2.28. The summed E-state index contributed by atoms with van der Waals surface area (Å²) >= 11 is 0. The molecule has 0 fully saturated rings. The highest BCUT2D eigenvalue weighted by molar-refractivity contribution is 5.94. The van der Waals surface area contributed by atoms with E-state index in [1.807, 2.05) is 0 Å². The van der Waals surface area contributed by atoms with Crippen molar-refractivity contribution < 1.29 is 29.5 Å². The minimum atomic E-state index is -1.26. The van der Waals surface area contributed by atoms with E-state index in [-0.39, 0.29) is 6.42 Å². The molecule has 1 atom stereocenters. The van der Waals surface area contributed by atoms with Gasteiger partial charge in [0.25, 0.3) is 0 Å². The quantitative estimate of drug-likeness (QED) is 0.623. The van der Waals surface area contributed by atoms with Gasteiger partial charge in [-0.25, -0.2) is 0 Å². The fourth-order valence-electron chi connectivity index (χ4n) is 1.86. The van der Waals surface area contributed by atoms with Crippen LogP contribution < -0.4 is 25.2 Å². The van der Waals surface area contributed by atoms with Gasteiger partial charge >= 0.3 is 0 Å². The fourth-order valence-corrected chi connectivity index (χ4v) is 1.86. The maximum absolute atomic E-state index is 12.0. The summed E-state index contributed by atoms with van der Waals surface area (Å²) in [5.74, 6) is -0.665. The number of hydrogen-bond donors (Lipinski definition) is 2. The number of methoxy groups -OCH3 is 2. The number of carboxylic acid groups (broad SMARTS) is 1. The first-order valence-corrected chi connectivity index (χ1v) is 6.57. The number of ether oxygens (including phenoxy) is 2. The average molecular weight is 296 g/mol. The van der Waals surface area contributed by atoms with E-state index in [9.17, 15) is 14.7 Å². The van der Waals surface area contributed by atoms with E-state index in [4.69, 9.17) is 9.47 Å². The van der Waals surface area contributed by atoms with Crippen LogP contribution in [0.2, 0.25) is 0 Å². The van der Waals surface area contributed by atoms with Gasteiger partial charge in [0.1, 0.15) is 17.5 Å². The van der Waals surface area contributed by atoms with Gasteiger partial charge in [0.2, 0.25) is 5.91 Å². The molecule has 0 unspecified atom stereocenters. The van der Waals surface area contributed by atoms with Crippen molar-refractivity contribution in [2.45, 2.75) is 19.4 Å². The third-order valence-electron chi connectivity index (χ3n) is 2.91. The van der Waals surface area contributed by atoms with Crippen molar-refractivity contribution >= 4 is 17.6 Å². The summed E-state index contributed by atoms with van der Waals surface area (Å²) in [6.45, 7) is 2.35. The van der Waals surface area contributed by atoms with E-state index in [1.54, 1.807) is 25.1 Å². The third kappa shape index (κ3) is 4.96. The van der Waals surface area contributed by atoms with Crippen LogP contribution in [0.25, 0.3) is 0 Å². The lowest BCUT2D eigenvalue weighted by Crippen LogP contribution is -2.93. The van der Waals surface area contributed by atoms with Gasteiger partial charge in [-0.2, -0.15) is 0 Å². The molecule has 0 aliphatic carbocycles. The van der Waals surface area contributed by atoms with E-state index < -0.39 is 17.9 Å².